The molecule has 8 heteroatoms. The van der Waals surface area contributed by atoms with Crippen LogP contribution in [0, 0.1) is 5.82 Å². The number of nitrogens with zero attached hydrogens (tertiary/aromatic N) is 1. The Bertz CT molecular complexity index is 875. The molecule has 1 amide bonds. The first-order chi connectivity index (χ1) is 14.9. The number of piperidine rings is 1. The molecule has 3 N–H and O–H groups in total. The van der Waals surface area contributed by atoms with Crippen LogP contribution in [0.25, 0.3) is 0 Å². The molecule has 0 saturated carbocycles. The van der Waals surface area contributed by atoms with Gasteiger partial charge >= 0.3 is 0 Å². The minimum atomic E-state index is -0.662. The van der Waals surface area contributed by atoms with Crippen LogP contribution in [-0.2, 0) is 11.3 Å². The van der Waals surface area contributed by atoms with Crippen molar-refractivity contribution >= 4 is 23.2 Å². The molecule has 1 aliphatic rings. The highest BCUT2D eigenvalue weighted by Gasteiger charge is 2.20. The van der Waals surface area contributed by atoms with Crippen molar-refractivity contribution in [1.82, 2.24) is 10.2 Å². The summed E-state index contributed by atoms with van der Waals surface area (Å²) in [6.45, 7) is 4.59. The fourth-order valence-electron chi connectivity index (χ4n) is 3.62. The molecule has 6 nitrogen and oxygen atoms in total. The zero-order chi connectivity index (χ0) is 22.2. The number of ether oxygens (including phenoxy) is 1. The second-order valence-corrected chi connectivity index (χ2v) is 8.26. The van der Waals surface area contributed by atoms with Crippen LogP contribution >= 0.6 is 11.6 Å². The zero-order valence-corrected chi connectivity index (χ0v) is 18.4. The Labute approximate surface area is 187 Å². The third-order valence-corrected chi connectivity index (χ3v) is 5.54. The van der Waals surface area contributed by atoms with Crippen LogP contribution in [0.4, 0.5) is 10.1 Å². The van der Waals surface area contributed by atoms with E-state index in [0.29, 0.717) is 24.0 Å². The van der Waals surface area contributed by atoms with Crippen molar-refractivity contribution in [2.24, 2.45) is 0 Å². The van der Waals surface area contributed by atoms with E-state index in [4.69, 9.17) is 16.3 Å². The number of para-hydroxylation sites is 2. The summed E-state index contributed by atoms with van der Waals surface area (Å²) in [7, 11) is 0. The first-order valence-corrected chi connectivity index (χ1v) is 10.9. The summed E-state index contributed by atoms with van der Waals surface area (Å²) >= 11 is 5.87. The molecule has 0 radical (unpaired) electrons. The molecule has 1 aliphatic heterocycles. The monoisotopic (exact) mass is 449 g/mol. The van der Waals surface area contributed by atoms with Gasteiger partial charge in [-0.3, -0.25) is 9.69 Å². The van der Waals surface area contributed by atoms with E-state index >= 15 is 0 Å². The lowest BCUT2D eigenvalue weighted by atomic mass is 10.0. The maximum Gasteiger partial charge on any atom is 0.221 e. The van der Waals surface area contributed by atoms with Crippen LogP contribution < -0.4 is 15.4 Å². The molecule has 1 atom stereocenters. The number of carbonyl (C=O) groups is 1. The summed E-state index contributed by atoms with van der Waals surface area (Å²) in [6.07, 6.45) is 1.27. The fourth-order valence-corrected chi connectivity index (χ4v) is 3.83. The van der Waals surface area contributed by atoms with Crippen molar-refractivity contribution in [2.45, 2.75) is 38.5 Å². The number of hydrogen-bond donors (Lipinski definition) is 3. The smallest absolute Gasteiger partial charge is 0.221 e. The van der Waals surface area contributed by atoms with Crippen LogP contribution in [-0.4, -0.2) is 54.3 Å². The highest BCUT2D eigenvalue weighted by atomic mass is 35.5. The van der Waals surface area contributed by atoms with Gasteiger partial charge in [-0.1, -0.05) is 29.8 Å². The molecule has 2 aromatic rings. The van der Waals surface area contributed by atoms with Gasteiger partial charge < -0.3 is 20.5 Å². The minimum Gasteiger partial charge on any atom is -0.489 e. The summed E-state index contributed by atoms with van der Waals surface area (Å²) in [5.41, 5.74) is 1.59. The van der Waals surface area contributed by atoms with Crippen molar-refractivity contribution in [3.05, 3.63) is 58.9 Å². The van der Waals surface area contributed by atoms with Crippen molar-refractivity contribution in [3.8, 4) is 5.75 Å². The standard InChI is InChI=1S/C23H29ClFN3O3/c1-16(29)27-22-4-2-3-5-23(22)31-15-19(30)13-26-18-8-10-28(11-9-18)14-17-6-7-21(25)20(24)12-17/h2-7,12,18-19,26,30H,8-11,13-15H2,1H3,(H,27,29). The van der Waals surface area contributed by atoms with E-state index in [1.165, 1.54) is 13.0 Å². The molecule has 2 aromatic carbocycles. The average Bonchev–Trinajstić information content (AvgIpc) is 2.75. The first-order valence-electron chi connectivity index (χ1n) is 10.5. The van der Waals surface area contributed by atoms with Gasteiger partial charge in [0.25, 0.3) is 0 Å². The molecule has 1 saturated heterocycles. The third-order valence-electron chi connectivity index (χ3n) is 5.25. The number of hydrogen-bond acceptors (Lipinski definition) is 5. The molecular formula is C23H29ClFN3O3. The van der Waals surface area contributed by atoms with Crippen LogP contribution in [0.3, 0.4) is 0 Å². The summed E-state index contributed by atoms with van der Waals surface area (Å²) in [6, 6.07) is 12.3. The van der Waals surface area contributed by atoms with Gasteiger partial charge in [-0.25, -0.2) is 4.39 Å². The number of halogens is 2. The predicted octanol–water partition coefficient (Wildman–Crippen LogP) is 3.43. The van der Waals surface area contributed by atoms with E-state index in [-0.39, 0.29) is 17.5 Å². The Kier molecular flexibility index (Phi) is 8.66. The van der Waals surface area contributed by atoms with Gasteiger partial charge in [0.15, 0.2) is 0 Å². The predicted molar refractivity (Wildman–Crippen MR) is 120 cm³/mol. The Balaban J connectivity index is 1.37. The number of likely N-dealkylation sites (tertiary alicyclic amines) is 1. The largest absolute Gasteiger partial charge is 0.489 e. The Morgan fingerprint density at radius 3 is 2.74 bits per heavy atom. The lowest BCUT2D eigenvalue weighted by molar-refractivity contribution is -0.114. The molecule has 1 unspecified atom stereocenters. The van der Waals surface area contributed by atoms with Crippen molar-refractivity contribution in [1.29, 1.82) is 0 Å². The summed E-state index contributed by atoms with van der Waals surface area (Å²) in [5, 5.41) is 16.6. The zero-order valence-electron chi connectivity index (χ0n) is 17.6. The summed E-state index contributed by atoms with van der Waals surface area (Å²) in [4.78, 5) is 13.6. The molecule has 31 heavy (non-hydrogen) atoms. The number of aliphatic hydroxyl groups is 1. The summed E-state index contributed by atoms with van der Waals surface area (Å²) < 4.78 is 19.0. The number of aliphatic hydroxyl groups excluding tert-OH is 1. The Morgan fingerprint density at radius 1 is 1.29 bits per heavy atom. The highest BCUT2D eigenvalue weighted by molar-refractivity contribution is 6.30. The fraction of sp³-hybridized carbons (Fsp3) is 0.435. The highest BCUT2D eigenvalue weighted by Crippen LogP contribution is 2.24. The molecule has 1 heterocycles. The number of carbonyl (C=O) groups excluding carboxylic acids is 1. The van der Waals surface area contributed by atoms with E-state index in [0.717, 1.165) is 38.0 Å². The maximum atomic E-state index is 13.3. The summed E-state index contributed by atoms with van der Waals surface area (Å²) in [5.74, 6) is -0.0347. The Hall–Kier alpha value is -2.19. The molecule has 1 fully saturated rings. The van der Waals surface area contributed by atoms with E-state index in [9.17, 15) is 14.3 Å². The van der Waals surface area contributed by atoms with Crippen molar-refractivity contribution in [3.63, 3.8) is 0 Å². The molecular weight excluding hydrogens is 421 g/mol. The molecule has 168 valence electrons. The first kappa shape index (κ1) is 23.5. The van der Waals surface area contributed by atoms with Crippen LogP contribution in [0.15, 0.2) is 42.5 Å². The van der Waals surface area contributed by atoms with Crippen LogP contribution in [0.2, 0.25) is 5.02 Å². The van der Waals surface area contributed by atoms with E-state index in [1.54, 1.807) is 24.3 Å². The lowest BCUT2D eigenvalue weighted by Crippen LogP contribution is -2.45. The number of nitrogens with one attached hydrogen (secondary N) is 2. The van der Waals surface area contributed by atoms with Crippen LogP contribution in [0.5, 0.6) is 5.75 Å². The van der Waals surface area contributed by atoms with Gasteiger partial charge in [-0.2, -0.15) is 0 Å². The maximum absolute atomic E-state index is 13.3. The van der Waals surface area contributed by atoms with Gasteiger partial charge in [0.1, 0.15) is 24.3 Å². The van der Waals surface area contributed by atoms with E-state index in [2.05, 4.69) is 15.5 Å². The average molecular weight is 450 g/mol. The van der Waals surface area contributed by atoms with Gasteiger partial charge in [0.05, 0.1) is 10.7 Å². The number of benzene rings is 2. The molecule has 0 spiro atoms. The molecule has 3 rings (SSSR count). The van der Waals surface area contributed by atoms with Gasteiger partial charge in [-0.05, 0) is 55.8 Å². The van der Waals surface area contributed by atoms with E-state index in [1.807, 2.05) is 12.1 Å². The van der Waals surface area contributed by atoms with Crippen LogP contribution in [0.1, 0.15) is 25.3 Å². The Morgan fingerprint density at radius 2 is 2.03 bits per heavy atom. The third kappa shape index (κ3) is 7.47. The number of rotatable bonds is 9. The second-order valence-electron chi connectivity index (χ2n) is 7.85. The topological polar surface area (TPSA) is 73.8 Å². The molecule has 0 bridgehead atoms. The number of amides is 1. The quantitative estimate of drug-likeness (QED) is 0.547. The molecule has 0 aromatic heterocycles. The lowest BCUT2D eigenvalue weighted by Gasteiger charge is -2.33. The van der Waals surface area contributed by atoms with Crippen molar-refractivity contribution < 1.29 is 19.0 Å². The van der Waals surface area contributed by atoms with Gasteiger partial charge in [0, 0.05) is 26.1 Å². The van der Waals surface area contributed by atoms with Crippen molar-refractivity contribution in [2.75, 3.05) is 31.6 Å². The molecule has 0 aliphatic carbocycles. The minimum absolute atomic E-state index is 0.133. The second kappa shape index (κ2) is 11.4. The van der Waals surface area contributed by atoms with E-state index < -0.39 is 11.9 Å². The van der Waals surface area contributed by atoms with Gasteiger partial charge in [-0.15, -0.1) is 0 Å². The SMILES string of the molecule is CC(=O)Nc1ccccc1OCC(O)CNC1CCN(Cc2ccc(F)c(Cl)c2)CC1. The van der Waals surface area contributed by atoms with Gasteiger partial charge in [0.2, 0.25) is 5.91 Å². The number of anilines is 1. The normalized spacial score (nSPS) is 16.1.